The van der Waals surface area contributed by atoms with Crippen molar-refractivity contribution in [1.29, 1.82) is 0 Å². The molecule has 5 rings (SSSR count). The highest BCUT2D eigenvalue weighted by molar-refractivity contribution is 6.51. The van der Waals surface area contributed by atoms with Gasteiger partial charge in [-0.3, -0.25) is 14.5 Å². The number of rotatable bonds is 5. The number of fused-ring (bicyclic) bond motifs is 1. The van der Waals surface area contributed by atoms with Crippen LogP contribution in [0.25, 0.3) is 16.8 Å². The lowest BCUT2D eigenvalue weighted by molar-refractivity contribution is -0.132. The van der Waals surface area contributed by atoms with E-state index in [4.69, 9.17) is 16.3 Å². The van der Waals surface area contributed by atoms with E-state index >= 15 is 0 Å². The zero-order valence-electron chi connectivity index (χ0n) is 20.1. The SMILES string of the molecule is COc1ccc(/C(O)=C2\C(=O)C(=O)N(c3nc4ccc(F)cc4[nH]3)C2c2ccc(N(C)C)cc2)cc1Cl. The van der Waals surface area contributed by atoms with Crippen LogP contribution < -0.4 is 14.5 Å². The number of aromatic nitrogens is 2. The minimum absolute atomic E-state index is 0.0520. The molecule has 4 aromatic rings. The first kappa shape index (κ1) is 24.3. The summed E-state index contributed by atoms with van der Waals surface area (Å²) in [5.41, 5.74) is 2.36. The van der Waals surface area contributed by atoms with Crippen molar-refractivity contribution in [3.05, 3.63) is 88.2 Å². The summed E-state index contributed by atoms with van der Waals surface area (Å²) in [6.07, 6.45) is 0. The van der Waals surface area contributed by atoms with Crippen molar-refractivity contribution < 1.29 is 23.8 Å². The standard InChI is InChI=1S/C27H22ClFN4O4/c1-32(2)17-8-4-14(5-9-17)23-22(24(34)15-6-11-21(37-3)18(28)12-15)25(35)26(36)33(23)27-30-19-10-7-16(29)13-20(19)31-27/h4-13,23,34H,1-3H3,(H,30,31)/b24-22+. The van der Waals surface area contributed by atoms with E-state index in [0.717, 1.165) is 5.69 Å². The number of aliphatic hydroxyl groups is 1. The Labute approximate surface area is 216 Å². The highest BCUT2D eigenvalue weighted by Gasteiger charge is 2.48. The van der Waals surface area contributed by atoms with Crippen molar-refractivity contribution in [1.82, 2.24) is 9.97 Å². The lowest BCUT2D eigenvalue weighted by Crippen LogP contribution is -2.30. The second kappa shape index (κ2) is 9.25. The molecule has 10 heteroatoms. The zero-order chi connectivity index (χ0) is 26.4. The van der Waals surface area contributed by atoms with Crippen LogP contribution in [-0.2, 0) is 9.59 Å². The Kier molecular flexibility index (Phi) is 6.08. The van der Waals surface area contributed by atoms with Crippen LogP contribution in [-0.4, -0.2) is 48.0 Å². The Morgan fingerprint density at radius 1 is 1.11 bits per heavy atom. The number of aliphatic hydroxyl groups excluding tert-OH is 1. The lowest BCUT2D eigenvalue weighted by Gasteiger charge is -2.24. The van der Waals surface area contributed by atoms with Gasteiger partial charge in [0.25, 0.3) is 5.78 Å². The number of benzene rings is 3. The predicted molar refractivity (Wildman–Crippen MR) is 140 cm³/mol. The van der Waals surface area contributed by atoms with Gasteiger partial charge in [0.1, 0.15) is 17.3 Å². The molecule has 1 aliphatic heterocycles. The molecule has 1 amide bonds. The maximum Gasteiger partial charge on any atom is 0.302 e. The van der Waals surface area contributed by atoms with Gasteiger partial charge in [0.2, 0.25) is 5.95 Å². The number of carbonyl (C=O) groups is 2. The number of carbonyl (C=O) groups excluding carboxylic acids is 2. The monoisotopic (exact) mass is 520 g/mol. The fourth-order valence-electron chi connectivity index (χ4n) is 4.37. The van der Waals surface area contributed by atoms with Gasteiger partial charge in [-0.15, -0.1) is 0 Å². The molecule has 1 unspecified atom stereocenters. The number of halogens is 2. The topological polar surface area (TPSA) is 98.8 Å². The largest absolute Gasteiger partial charge is 0.507 e. The van der Waals surface area contributed by atoms with Crippen LogP contribution in [0.3, 0.4) is 0 Å². The van der Waals surface area contributed by atoms with E-state index in [1.807, 2.05) is 31.1 Å². The number of ketones is 1. The van der Waals surface area contributed by atoms with Gasteiger partial charge in [-0.05, 0) is 54.1 Å². The number of anilines is 2. The molecular formula is C27H22ClFN4O4. The summed E-state index contributed by atoms with van der Waals surface area (Å²) in [5, 5.41) is 11.5. The number of methoxy groups -OCH3 is 1. The van der Waals surface area contributed by atoms with Gasteiger partial charge in [-0.1, -0.05) is 23.7 Å². The number of aromatic amines is 1. The Bertz CT molecular complexity index is 1580. The smallest absolute Gasteiger partial charge is 0.302 e. The van der Waals surface area contributed by atoms with Gasteiger partial charge < -0.3 is 19.7 Å². The molecule has 2 heterocycles. The Morgan fingerprint density at radius 2 is 1.84 bits per heavy atom. The first-order chi connectivity index (χ1) is 17.7. The number of imidazole rings is 1. The van der Waals surface area contributed by atoms with Gasteiger partial charge in [0.15, 0.2) is 0 Å². The first-order valence-electron chi connectivity index (χ1n) is 11.3. The molecule has 188 valence electrons. The average Bonchev–Trinajstić information content (AvgIpc) is 3.41. The van der Waals surface area contributed by atoms with Gasteiger partial charge in [0.05, 0.1) is 34.8 Å². The van der Waals surface area contributed by atoms with E-state index in [1.165, 1.54) is 36.3 Å². The van der Waals surface area contributed by atoms with Crippen LogP contribution >= 0.6 is 11.6 Å². The summed E-state index contributed by atoms with van der Waals surface area (Å²) in [6.45, 7) is 0. The third-order valence-corrected chi connectivity index (χ3v) is 6.55. The number of hydrogen-bond donors (Lipinski definition) is 2. The van der Waals surface area contributed by atoms with Crippen LogP contribution in [0.2, 0.25) is 5.02 Å². The predicted octanol–water partition coefficient (Wildman–Crippen LogP) is 5.06. The van der Waals surface area contributed by atoms with E-state index in [9.17, 15) is 19.1 Å². The molecule has 3 aromatic carbocycles. The molecule has 37 heavy (non-hydrogen) atoms. The number of nitrogens with zero attached hydrogens (tertiary/aromatic N) is 3. The highest BCUT2D eigenvalue weighted by Crippen LogP contribution is 2.42. The summed E-state index contributed by atoms with van der Waals surface area (Å²) >= 11 is 6.26. The highest BCUT2D eigenvalue weighted by atomic mass is 35.5. The molecule has 1 saturated heterocycles. The van der Waals surface area contributed by atoms with Crippen LogP contribution in [0.1, 0.15) is 17.2 Å². The van der Waals surface area contributed by atoms with E-state index in [-0.39, 0.29) is 22.1 Å². The number of H-pyrrole nitrogens is 1. The normalized spacial score (nSPS) is 17.0. The van der Waals surface area contributed by atoms with Crippen molar-refractivity contribution in [2.24, 2.45) is 0 Å². The van der Waals surface area contributed by atoms with Gasteiger partial charge in [-0.2, -0.15) is 0 Å². The van der Waals surface area contributed by atoms with Gasteiger partial charge in [0, 0.05) is 25.3 Å². The molecular weight excluding hydrogens is 499 g/mol. The quantitative estimate of drug-likeness (QED) is 0.217. The van der Waals surface area contributed by atoms with Crippen molar-refractivity contribution >= 4 is 51.7 Å². The molecule has 1 aromatic heterocycles. The van der Waals surface area contributed by atoms with Crippen LogP contribution in [0.4, 0.5) is 16.0 Å². The van der Waals surface area contributed by atoms with Crippen molar-refractivity contribution in [2.75, 3.05) is 31.0 Å². The summed E-state index contributed by atoms with van der Waals surface area (Å²) in [6, 6.07) is 14.8. The Balaban J connectivity index is 1.71. The molecule has 0 saturated carbocycles. The van der Waals surface area contributed by atoms with E-state index < -0.39 is 29.3 Å². The second-order valence-electron chi connectivity index (χ2n) is 8.73. The maximum atomic E-state index is 13.8. The molecule has 0 bridgehead atoms. The first-order valence-corrected chi connectivity index (χ1v) is 11.6. The fraction of sp³-hybridized carbons (Fsp3) is 0.148. The molecule has 2 N–H and O–H groups in total. The van der Waals surface area contributed by atoms with E-state index in [0.29, 0.717) is 22.3 Å². The lowest BCUT2D eigenvalue weighted by atomic mass is 9.95. The average molecular weight is 521 g/mol. The fourth-order valence-corrected chi connectivity index (χ4v) is 4.63. The number of ether oxygens (including phenoxy) is 1. The van der Waals surface area contributed by atoms with Crippen LogP contribution in [0, 0.1) is 5.82 Å². The van der Waals surface area contributed by atoms with E-state index in [1.54, 1.807) is 24.3 Å². The molecule has 1 atom stereocenters. The maximum absolute atomic E-state index is 13.8. The minimum Gasteiger partial charge on any atom is -0.507 e. The number of hydrogen-bond acceptors (Lipinski definition) is 6. The summed E-state index contributed by atoms with van der Waals surface area (Å²) in [7, 11) is 5.24. The molecule has 0 aliphatic carbocycles. The zero-order valence-corrected chi connectivity index (χ0v) is 20.9. The van der Waals surface area contributed by atoms with Crippen molar-refractivity contribution in [3.63, 3.8) is 0 Å². The number of nitrogens with one attached hydrogen (secondary N) is 1. The molecule has 0 radical (unpaired) electrons. The third kappa shape index (κ3) is 4.17. The van der Waals surface area contributed by atoms with Crippen molar-refractivity contribution in [3.8, 4) is 5.75 Å². The minimum atomic E-state index is -1.01. The molecule has 8 nitrogen and oxygen atoms in total. The number of amides is 1. The van der Waals surface area contributed by atoms with Crippen molar-refractivity contribution in [2.45, 2.75) is 6.04 Å². The molecule has 1 aliphatic rings. The Hall–Kier alpha value is -4.37. The van der Waals surface area contributed by atoms with Crippen LogP contribution in [0.15, 0.2) is 66.2 Å². The van der Waals surface area contributed by atoms with Gasteiger partial charge in [-0.25, -0.2) is 9.37 Å². The second-order valence-corrected chi connectivity index (χ2v) is 9.13. The summed E-state index contributed by atoms with van der Waals surface area (Å²) in [4.78, 5) is 37.2. The molecule has 0 spiro atoms. The Morgan fingerprint density at radius 3 is 2.49 bits per heavy atom. The van der Waals surface area contributed by atoms with Crippen LogP contribution in [0.5, 0.6) is 5.75 Å². The summed E-state index contributed by atoms with van der Waals surface area (Å²) in [5.74, 6) is -2.20. The summed E-state index contributed by atoms with van der Waals surface area (Å²) < 4.78 is 19.0. The van der Waals surface area contributed by atoms with Gasteiger partial charge >= 0.3 is 5.91 Å². The molecule has 1 fully saturated rings. The van der Waals surface area contributed by atoms with E-state index in [2.05, 4.69) is 9.97 Å². The number of Topliss-reactive ketones (excluding diaryl/α,β-unsaturated/α-hetero) is 1. The third-order valence-electron chi connectivity index (χ3n) is 6.25.